The third-order valence-electron chi connectivity index (χ3n) is 8.03. The maximum absolute atomic E-state index is 13.5. The Labute approximate surface area is 286 Å². The van der Waals surface area contributed by atoms with Crippen LogP contribution in [0, 0.1) is 0 Å². The predicted octanol–water partition coefficient (Wildman–Crippen LogP) is 6.38. The number of amides is 1. The summed E-state index contributed by atoms with van der Waals surface area (Å²) in [7, 11) is 0. The van der Waals surface area contributed by atoms with E-state index in [9.17, 15) is 14.7 Å². The van der Waals surface area contributed by atoms with Crippen LogP contribution in [0.5, 0.6) is 11.6 Å². The highest BCUT2D eigenvalue weighted by Crippen LogP contribution is 2.36. The summed E-state index contributed by atoms with van der Waals surface area (Å²) in [6.45, 7) is 1.32. The smallest absolute Gasteiger partial charge is 0.493 e. The lowest BCUT2D eigenvalue weighted by molar-refractivity contribution is 0.102. The Bertz CT molecular complexity index is 2320. The highest BCUT2D eigenvalue weighted by atomic mass is 32.1. The number of carboxylic acid groups (broad SMARTS) is 1. The van der Waals surface area contributed by atoms with Crippen LogP contribution < -0.4 is 19.7 Å². The van der Waals surface area contributed by atoms with E-state index < -0.39 is 6.16 Å². The molecule has 0 aliphatic carbocycles. The van der Waals surface area contributed by atoms with Crippen molar-refractivity contribution in [2.75, 3.05) is 23.4 Å². The lowest BCUT2D eigenvalue weighted by Crippen LogP contribution is -2.32. The molecule has 2 N–H and O–H groups in total. The van der Waals surface area contributed by atoms with Gasteiger partial charge >= 0.3 is 6.16 Å². The van der Waals surface area contributed by atoms with Crippen LogP contribution in [0.15, 0.2) is 85.5 Å². The molecular weight excluding hydrogens is 665 g/mol. The fraction of sp³-hybridized carbons (Fsp3) is 0.147. The lowest BCUT2D eigenvalue weighted by Gasteiger charge is -2.29. The number of fused-ring (bicyclic) bond motifs is 3. The van der Waals surface area contributed by atoms with E-state index in [1.165, 1.54) is 29.0 Å². The molecule has 1 amide bonds. The van der Waals surface area contributed by atoms with Gasteiger partial charge in [-0.1, -0.05) is 53.0 Å². The van der Waals surface area contributed by atoms with Crippen molar-refractivity contribution in [2.45, 2.75) is 19.4 Å². The van der Waals surface area contributed by atoms with E-state index >= 15 is 0 Å². The second-order valence-electron chi connectivity index (χ2n) is 11.1. The number of aromatic nitrogens is 6. The maximum Gasteiger partial charge on any atom is 0.512 e. The molecule has 13 nitrogen and oxygen atoms in total. The van der Waals surface area contributed by atoms with Gasteiger partial charge in [0.25, 0.3) is 5.91 Å². The Hall–Kier alpha value is -5.93. The van der Waals surface area contributed by atoms with Gasteiger partial charge in [-0.2, -0.15) is 10.1 Å². The molecule has 8 rings (SSSR count). The number of benzene rings is 3. The largest absolute Gasteiger partial charge is 0.512 e. The molecule has 0 atom stereocenters. The third kappa shape index (κ3) is 6.24. The van der Waals surface area contributed by atoms with Crippen LogP contribution in [0.1, 0.15) is 26.4 Å². The van der Waals surface area contributed by atoms with Gasteiger partial charge in [-0.05, 0) is 47.9 Å². The highest BCUT2D eigenvalue weighted by Gasteiger charge is 2.26. The summed E-state index contributed by atoms with van der Waals surface area (Å²) in [5.74, 6) is 0.410. The Balaban J connectivity index is 0.980. The van der Waals surface area contributed by atoms with Gasteiger partial charge in [0.05, 0.1) is 39.0 Å². The molecule has 0 fully saturated rings. The minimum atomic E-state index is -1.44. The number of ether oxygens (including phenoxy) is 2. The van der Waals surface area contributed by atoms with E-state index in [0.29, 0.717) is 58.0 Å². The number of hydrogen-bond acceptors (Lipinski definition) is 12. The second-order valence-corrected chi connectivity index (χ2v) is 13.2. The number of nitrogens with one attached hydrogen (secondary N) is 1. The van der Waals surface area contributed by atoms with Crippen molar-refractivity contribution in [1.29, 1.82) is 0 Å². The van der Waals surface area contributed by atoms with Crippen molar-refractivity contribution in [3.8, 4) is 17.3 Å². The van der Waals surface area contributed by atoms with Gasteiger partial charge in [-0.3, -0.25) is 10.1 Å². The molecule has 15 heteroatoms. The summed E-state index contributed by atoms with van der Waals surface area (Å²) < 4.78 is 13.9. The average molecular weight is 691 g/mol. The first kappa shape index (κ1) is 30.4. The van der Waals surface area contributed by atoms with Crippen molar-refractivity contribution >= 4 is 66.2 Å². The van der Waals surface area contributed by atoms with E-state index in [1.807, 2.05) is 71.6 Å². The van der Waals surface area contributed by atoms with Crippen LogP contribution >= 0.6 is 22.7 Å². The van der Waals surface area contributed by atoms with Crippen molar-refractivity contribution in [2.24, 2.45) is 0 Å². The first-order valence-corrected chi connectivity index (χ1v) is 16.9. The number of carbonyl (C=O) groups excluding carboxylic acids is 1. The second kappa shape index (κ2) is 12.9. The molecule has 7 aromatic rings. The van der Waals surface area contributed by atoms with Gasteiger partial charge in [-0.25, -0.2) is 24.4 Å². The van der Waals surface area contributed by atoms with Gasteiger partial charge in [0.2, 0.25) is 5.88 Å². The Morgan fingerprint density at radius 1 is 1.00 bits per heavy atom. The minimum absolute atomic E-state index is 0.0280. The zero-order valence-corrected chi connectivity index (χ0v) is 27.3. The summed E-state index contributed by atoms with van der Waals surface area (Å²) in [4.78, 5) is 45.2. The number of anilines is 2. The summed E-state index contributed by atoms with van der Waals surface area (Å²) in [5, 5.41) is 18.8. The van der Waals surface area contributed by atoms with Crippen molar-refractivity contribution in [3.63, 3.8) is 0 Å². The van der Waals surface area contributed by atoms with Crippen LogP contribution in [-0.4, -0.2) is 60.0 Å². The summed E-state index contributed by atoms with van der Waals surface area (Å²) in [6.07, 6.45) is 4.50. The molecule has 244 valence electrons. The molecule has 0 saturated heterocycles. The van der Waals surface area contributed by atoms with Crippen LogP contribution in [0.2, 0.25) is 0 Å². The molecule has 0 bridgehead atoms. The SMILES string of the molecule is O=C(O)Oc1nc(N2CCc3cccc(C(=O)Nc4nc5ccccc5s4)c3C2)sc1CCOc1cccc(-n2ncc3cncnc32)c1. The van der Waals surface area contributed by atoms with Crippen LogP contribution in [0.4, 0.5) is 15.1 Å². The number of para-hydroxylation sites is 1. The lowest BCUT2D eigenvalue weighted by atomic mass is 9.94. The van der Waals surface area contributed by atoms with E-state index in [4.69, 9.17) is 9.47 Å². The molecular formula is C34H26N8O5S2. The van der Waals surface area contributed by atoms with E-state index in [-0.39, 0.29) is 18.4 Å². The van der Waals surface area contributed by atoms with Gasteiger partial charge in [0.1, 0.15) is 12.1 Å². The average Bonchev–Trinajstić information content (AvgIpc) is 3.84. The predicted molar refractivity (Wildman–Crippen MR) is 185 cm³/mol. The van der Waals surface area contributed by atoms with Gasteiger partial charge in [0, 0.05) is 37.3 Å². The fourth-order valence-corrected chi connectivity index (χ4v) is 7.62. The first-order chi connectivity index (χ1) is 24.0. The van der Waals surface area contributed by atoms with Crippen LogP contribution in [0.25, 0.3) is 26.9 Å². The highest BCUT2D eigenvalue weighted by molar-refractivity contribution is 7.22. The van der Waals surface area contributed by atoms with Gasteiger partial charge in [-0.15, -0.1) is 0 Å². The quantitative estimate of drug-likeness (QED) is 0.162. The Morgan fingerprint density at radius 3 is 2.80 bits per heavy atom. The van der Waals surface area contributed by atoms with E-state index in [0.717, 1.165) is 32.4 Å². The topological polar surface area (TPSA) is 157 Å². The van der Waals surface area contributed by atoms with Crippen molar-refractivity contribution < 1.29 is 24.2 Å². The number of rotatable bonds is 9. The normalized spacial score (nSPS) is 12.6. The number of thiazole rings is 2. The van der Waals surface area contributed by atoms with Crippen LogP contribution in [-0.2, 0) is 19.4 Å². The molecule has 0 unspecified atom stereocenters. The molecule has 0 spiro atoms. The Kier molecular flexibility index (Phi) is 8.03. The monoisotopic (exact) mass is 690 g/mol. The molecule has 0 saturated carbocycles. The molecule has 1 aliphatic heterocycles. The van der Waals surface area contributed by atoms with Crippen LogP contribution in [0.3, 0.4) is 0 Å². The molecule has 3 aromatic carbocycles. The summed E-state index contributed by atoms with van der Waals surface area (Å²) in [6, 6.07) is 20.9. The van der Waals surface area contributed by atoms with E-state index in [2.05, 4.69) is 30.4 Å². The first-order valence-electron chi connectivity index (χ1n) is 15.3. The summed E-state index contributed by atoms with van der Waals surface area (Å²) >= 11 is 2.78. The minimum Gasteiger partial charge on any atom is -0.493 e. The van der Waals surface area contributed by atoms with Crippen molar-refractivity contribution in [3.05, 3.63) is 107 Å². The summed E-state index contributed by atoms with van der Waals surface area (Å²) in [5.41, 5.74) is 4.83. The van der Waals surface area contributed by atoms with Gasteiger partial charge in [0.15, 0.2) is 15.9 Å². The number of hydrogen-bond donors (Lipinski definition) is 2. The fourth-order valence-electron chi connectivity index (χ4n) is 5.76. The molecule has 49 heavy (non-hydrogen) atoms. The molecule has 0 radical (unpaired) electrons. The number of nitrogens with zero attached hydrogens (tertiary/aromatic N) is 7. The van der Waals surface area contributed by atoms with Crippen molar-refractivity contribution in [1.82, 2.24) is 29.7 Å². The molecule has 4 aromatic heterocycles. The Morgan fingerprint density at radius 2 is 1.90 bits per heavy atom. The third-order valence-corrected chi connectivity index (χ3v) is 10.1. The maximum atomic E-state index is 13.5. The molecule has 1 aliphatic rings. The molecule has 5 heterocycles. The van der Waals surface area contributed by atoms with E-state index in [1.54, 1.807) is 17.1 Å². The number of carbonyl (C=O) groups is 2. The standard InChI is InChI=1S/C34H26N8O5S2/c43-30(39-32-38-26-9-1-2-10-27(26)48-32)24-8-3-5-20-11-13-41(18-25(20)24)33-40-31(47-34(44)45)28(49-33)12-14-46-23-7-4-6-22(15-23)42-29-21(17-37-42)16-35-19-36-29/h1-10,15-17,19H,11-14,18H2,(H,44,45)(H,38,39,43). The zero-order valence-electron chi connectivity index (χ0n) is 25.6. The zero-order chi connectivity index (χ0) is 33.3. The van der Waals surface area contributed by atoms with Gasteiger partial charge < -0.3 is 19.5 Å².